The molecule has 0 aromatic carbocycles. The minimum Gasteiger partial charge on any atom is -0.479 e. The monoisotopic (exact) mass is 342 g/mol. The molecule has 0 aromatic rings. The van der Waals surface area contributed by atoms with Crippen molar-refractivity contribution in [2.75, 3.05) is 6.61 Å². The van der Waals surface area contributed by atoms with Gasteiger partial charge in [0.15, 0.2) is 6.10 Å². The van der Waals surface area contributed by atoms with Crippen LogP contribution in [0.3, 0.4) is 0 Å². The van der Waals surface area contributed by atoms with Crippen molar-refractivity contribution in [3.8, 4) is 0 Å². The maximum atomic E-state index is 11.3. The zero-order valence-corrected chi connectivity index (χ0v) is 16.5. The number of ether oxygens (including phenoxy) is 1. The van der Waals surface area contributed by atoms with Crippen LogP contribution in [-0.2, 0) is 9.53 Å². The summed E-state index contributed by atoms with van der Waals surface area (Å²) in [6.45, 7) is 7.26. The summed E-state index contributed by atoms with van der Waals surface area (Å²) < 4.78 is 5.73. The summed E-state index contributed by atoms with van der Waals surface area (Å²) in [6.07, 6.45) is 15.8. The second kappa shape index (κ2) is 17.3. The number of hydrogen-bond donors (Lipinski definition) is 1. The van der Waals surface area contributed by atoms with Crippen LogP contribution in [0.5, 0.6) is 0 Å². The molecule has 24 heavy (non-hydrogen) atoms. The van der Waals surface area contributed by atoms with Crippen LogP contribution < -0.4 is 0 Å². The fraction of sp³-hybridized carbons (Fsp3) is 0.952. The first-order valence-electron chi connectivity index (χ1n) is 10.5. The molecule has 0 aliphatic carbocycles. The van der Waals surface area contributed by atoms with Gasteiger partial charge in [-0.15, -0.1) is 0 Å². The molecule has 0 spiro atoms. The lowest BCUT2D eigenvalue weighted by Crippen LogP contribution is -2.25. The molecule has 1 unspecified atom stereocenters. The molecule has 0 rings (SSSR count). The zero-order chi connectivity index (χ0) is 18.0. The molecule has 0 aliphatic heterocycles. The summed E-state index contributed by atoms with van der Waals surface area (Å²) >= 11 is 0. The van der Waals surface area contributed by atoms with E-state index in [0.29, 0.717) is 18.9 Å². The van der Waals surface area contributed by atoms with Crippen molar-refractivity contribution in [3.63, 3.8) is 0 Å². The van der Waals surface area contributed by atoms with Gasteiger partial charge in [0.25, 0.3) is 0 Å². The normalized spacial score (nSPS) is 12.7. The highest BCUT2D eigenvalue weighted by molar-refractivity contribution is 5.72. The van der Waals surface area contributed by atoms with Crippen LogP contribution in [-0.4, -0.2) is 23.8 Å². The van der Waals surface area contributed by atoms with Gasteiger partial charge in [-0.3, -0.25) is 0 Å². The van der Waals surface area contributed by atoms with E-state index < -0.39 is 12.1 Å². The fourth-order valence-electron chi connectivity index (χ4n) is 3.21. The smallest absolute Gasteiger partial charge is 0.332 e. The van der Waals surface area contributed by atoms with E-state index in [1.54, 1.807) is 0 Å². The minimum atomic E-state index is -0.792. The number of hydrogen-bond acceptors (Lipinski definition) is 2. The number of rotatable bonds is 18. The van der Waals surface area contributed by atoms with Crippen molar-refractivity contribution in [1.29, 1.82) is 0 Å². The van der Waals surface area contributed by atoms with Crippen LogP contribution in [0.15, 0.2) is 0 Å². The minimum absolute atomic E-state index is 0.603. The van der Waals surface area contributed by atoms with Crippen molar-refractivity contribution < 1.29 is 14.6 Å². The third kappa shape index (κ3) is 13.8. The Kier molecular flexibility index (Phi) is 16.8. The maximum absolute atomic E-state index is 11.3. The Morgan fingerprint density at radius 2 is 1.25 bits per heavy atom. The van der Waals surface area contributed by atoms with Gasteiger partial charge in [0.05, 0.1) is 0 Å². The summed E-state index contributed by atoms with van der Waals surface area (Å²) in [6, 6.07) is 0. The zero-order valence-electron chi connectivity index (χ0n) is 16.5. The Balaban J connectivity index is 4.09. The topological polar surface area (TPSA) is 46.5 Å². The molecule has 1 N–H and O–H groups in total. The average Bonchev–Trinajstić information content (AvgIpc) is 2.56. The van der Waals surface area contributed by atoms with Gasteiger partial charge in [0.1, 0.15) is 0 Å². The highest BCUT2D eigenvalue weighted by Crippen LogP contribution is 2.21. The molecular formula is C21H42O3. The van der Waals surface area contributed by atoms with Crippen molar-refractivity contribution >= 4 is 5.97 Å². The molecule has 0 saturated carbocycles. The first-order valence-corrected chi connectivity index (χ1v) is 10.5. The van der Waals surface area contributed by atoms with Gasteiger partial charge in [-0.1, -0.05) is 97.8 Å². The fourth-order valence-corrected chi connectivity index (χ4v) is 3.21. The highest BCUT2D eigenvalue weighted by atomic mass is 16.5. The van der Waals surface area contributed by atoms with Gasteiger partial charge in [-0.25, -0.2) is 4.79 Å². The maximum Gasteiger partial charge on any atom is 0.332 e. The lowest BCUT2D eigenvalue weighted by molar-refractivity contribution is -0.151. The molecule has 0 fully saturated rings. The summed E-state index contributed by atoms with van der Waals surface area (Å²) in [5, 5.41) is 9.32. The van der Waals surface area contributed by atoms with E-state index in [0.717, 1.165) is 19.3 Å². The van der Waals surface area contributed by atoms with Gasteiger partial charge in [0, 0.05) is 6.61 Å². The molecule has 0 bridgehead atoms. The van der Waals surface area contributed by atoms with E-state index in [4.69, 9.17) is 4.74 Å². The number of unbranched alkanes of at least 4 members (excludes halogenated alkanes) is 7. The Labute approximate surface area is 150 Å². The van der Waals surface area contributed by atoms with Crippen LogP contribution in [0.4, 0.5) is 0 Å². The molecule has 0 aliphatic rings. The second-order valence-electron chi connectivity index (χ2n) is 7.19. The average molecular weight is 343 g/mol. The Morgan fingerprint density at radius 1 is 0.750 bits per heavy atom. The predicted octanol–water partition coefficient (Wildman–Crippen LogP) is 6.59. The summed E-state index contributed by atoms with van der Waals surface area (Å²) in [5.74, 6) is -0.0855. The molecule has 0 heterocycles. The van der Waals surface area contributed by atoms with Crippen LogP contribution in [0.2, 0.25) is 0 Å². The molecule has 3 nitrogen and oxygen atoms in total. The van der Waals surface area contributed by atoms with E-state index >= 15 is 0 Å². The van der Waals surface area contributed by atoms with Gasteiger partial charge in [0.2, 0.25) is 0 Å². The first kappa shape index (κ1) is 23.4. The Morgan fingerprint density at radius 3 is 1.75 bits per heavy atom. The number of carbonyl (C=O) groups is 1. The lowest BCUT2D eigenvalue weighted by Gasteiger charge is -2.19. The third-order valence-electron chi connectivity index (χ3n) is 4.87. The molecular weight excluding hydrogens is 300 g/mol. The number of carboxylic acid groups (broad SMARTS) is 1. The largest absolute Gasteiger partial charge is 0.479 e. The van der Waals surface area contributed by atoms with E-state index in [1.807, 2.05) is 0 Å². The second-order valence-corrected chi connectivity index (χ2v) is 7.19. The van der Waals surface area contributed by atoms with E-state index in [1.165, 1.54) is 64.2 Å². The summed E-state index contributed by atoms with van der Waals surface area (Å²) in [4.78, 5) is 11.3. The van der Waals surface area contributed by atoms with Crippen molar-refractivity contribution in [2.45, 2.75) is 117 Å². The molecule has 0 radical (unpaired) electrons. The number of aliphatic carboxylic acids is 1. The van der Waals surface area contributed by atoms with E-state index in [9.17, 15) is 9.90 Å². The van der Waals surface area contributed by atoms with Gasteiger partial charge in [-0.2, -0.15) is 0 Å². The molecule has 3 heteroatoms. The third-order valence-corrected chi connectivity index (χ3v) is 4.87. The molecule has 144 valence electrons. The van der Waals surface area contributed by atoms with Crippen LogP contribution in [0.1, 0.15) is 111 Å². The summed E-state index contributed by atoms with van der Waals surface area (Å²) in [5.41, 5.74) is 0. The van der Waals surface area contributed by atoms with Crippen molar-refractivity contribution in [1.82, 2.24) is 0 Å². The van der Waals surface area contributed by atoms with Crippen molar-refractivity contribution in [2.24, 2.45) is 5.92 Å². The van der Waals surface area contributed by atoms with Gasteiger partial charge < -0.3 is 9.84 Å². The Bertz CT molecular complexity index is 268. The molecule has 0 aromatic heterocycles. The van der Waals surface area contributed by atoms with Crippen LogP contribution >= 0.6 is 0 Å². The molecule has 0 saturated heterocycles. The van der Waals surface area contributed by atoms with Crippen LogP contribution in [0, 0.1) is 5.92 Å². The summed E-state index contributed by atoms with van der Waals surface area (Å²) in [7, 11) is 0. The number of carboxylic acids is 1. The van der Waals surface area contributed by atoms with E-state index in [-0.39, 0.29) is 0 Å². The van der Waals surface area contributed by atoms with Crippen LogP contribution in [0.25, 0.3) is 0 Å². The standard InChI is InChI=1S/C21H42O3/c1-4-7-10-13-16-20(21(22)23)24-18-17-19(14-11-8-5-2)15-12-9-6-3/h19-20H,4-18H2,1-3H3,(H,22,23). The molecule has 1 atom stereocenters. The van der Waals surface area contributed by atoms with Gasteiger partial charge >= 0.3 is 5.97 Å². The quantitative estimate of drug-likeness (QED) is 0.286. The SMILES string of the molecule is CCCCCCC(OCCC(CCCCC)CCCCC)C(=O)O. The predicted molar refractivity (Wildman–Crippen MR) is 103 cm³/mol. The Hall–Kier alpha value is -0.570. The van der Waals surface area contributed by atoms with Gasteiger partial charge in [-0.05, 0) is 18.8 Å². The first-order chi connectivity index (χ1) is 11.7. The highest BCUT2D eigenvalue weighted by Gasteiger charge is 2.18. The molecule has 0 amide bonds. The van der Waals surface area contributed by atoms with E-state index in [2.05, 4.69) is 20.8 Å². The van der Waals surface area contributed by atoms with Crippen molar-refractivity contribution in [3.05, 3.63) is 0 Å². The lowest BCUT2D eigenvalue weighted by atomic mass is 9.92.